The number of hydrogen-bond donors (Lipinski definition) is 2. The van der Waals surface area contributed by atoms with Crippen LogP contribution in [0.5, 0.6) is 0 Å². The van der Waals surface area contributed by atoms with Crippen molar-refractivity contribution in [3.63, 3.8) is 0 Å². The van der Waals surface area contributed by atoms with Crippen LogP contribution in [0.3, 0.4) is 0 Å². The molecule has 1 aliphatic carbocycles. The van der Waals surface area contributed by atoms with Crippen molar-refractivity contribution in [3.8, 4) is 16.8 Å². The molecule has 0 spiro atoms. The Hall–Kier alpha value is -5.45. The van der Waals surface area contributed by atoms with E-state index in [1.807, 2.05) is 12.1 Å². The highest BCUT2D eigenvalue weighted by Crippen LogP contribution is 2.50. The van der Waals surface area contributed by atoms with Crippen molar-refractivity contribution in [2.24, 2.45) is 4.99 Å². The molecule has 4 heteroatoms. The van der Waals surface area contributed by atoms with E-state index in [4.69, 9.17) is 4.99 Å². The fraction of sp³-hybridized carbons (Fsp3) is 0.119. The molecule has 46 heavy (non-hydrogen) atoms. The number of aliphatic imine (C=N–C) groups is 1. The molecule has 0 unspecified atom stereocenters. The van der Waals surface area contributed by atoms with Gasteiger partial charge in [-0.05, 0) is 75.8 Å². The van der Waals surface area contributed by atoms with Crippen molar-refractivity contribution < 1.29 is 0 Å². The Bertz CT molecular complexity index is 2210. The summed E-state index contributed by atoms with van der Waals surface area (Å²) in [5, 5.41) is 2.55. The van der Waals surface area contributed by atoms with Crippen LogP contribution < -0.4 is 10.9 Å². The van der Waals surface area contributed by atoms with Gasteiger partial charge >= 0.3 is 0 Å². The third-order valence-electron chi connectivity index (χ3n) is 9.38. The molecule has 1 heterocycles. The normalized spacial score (nSPS) is 13.6. The highest BCUT2D eigenvalue weighted by Gasteiger charge is 2.36. The number of hydrazine groups is 1. The molecule has 0 saturated carbocycles. The summed E-state index contributed by atoms with van der Waals surface area (Å²) < 4.78 is 2.41. The van der Waals surface area contributed by atoms with Crippen LogP contribution in [-0.4, -0.2) is 10.4 Å². The van der Waals surface area contributed by atoms with E-state index in [0.717, 1.165) is 17.1 Å². The minimum Gasteiger partial charge on any atom is -0.309 e. The van der Waals surface area contributed by atoms with E-state index in [2.05, 4.69) is 163 Å². The second-order valence-corrected chi connectivity index (χ2v) is 12.6. The minimum absolute atomic E-state index is 0.0617. The lowest BCUT2D eigenvalue weighted by Gasteiger charge is -2.21. The lowest BCUT2D eigenvalue weighted by molar-refractivity contribution is 0.651. The Kier molecular flexibility index (Phi) is 7.00. The molecular weight excluding hydrogens is 560 g/mol. The molecule has 0 fully saturated rings. The molecule has 1 aliphatic rings. The third kappa shape index (κ3) is 4.88. The zero-order valence-corrected chi connectivity index (χ0v) is 26.2. The van der Waals surface area contributed by atoms with Crippen molar-refractivity contribution in [3.05, 3.63) is 173 Å². The number of fused-ring (bicyclic) bond motifs is 6. The van der Waals surface area contributed by atoms with Gasteiger partial charge in [0.1, 0.15) is 5.84 Å². The van der Waals surface area contributed by atoms with Gasteiger partial charge in [0.25, 0.3) is 0 Å². The fourth-order valence-electron chi connectivity index (χ4n) is 6.99. The first-order chi connectivity index (χ1) is 22.6. The van der Waals surface area contributed by atoms with Crippen LogP contribution in [0.4, 0.5) is 0 Å². The molecule has 0 amide bonds. The highest BCUT2D eigenvalue weighted by atomic mass is 15.4. The van der Waals surface area contributed by atoms with Crippen LogP contribution in [0, 0.1) is 0 Å². The molecule has 224 valence electrons. The van der Waals surface area contributed by atoms with Gasteiger partial charge < -0.3 is 9.99 Å². The lowest BCUT2D eigenvalue weighted by atomic mass is 9.82. The Morgan fingerprint density at radius 1 is 0.609 bits per heavy atom. The molecule has 1 aromatic heterocycles. The van der Waals surface area contributed by atoms with Gasteiger partial charge in [-0.25, -0.2) is 5.43 Å². The monoisotopic (exact) mass is 596 g/mol. The molecule has 4 nitrogen and oxygen atoms in total. The number of amidine groups is 1. The van der Waals surface area contributed by atoms with Crippen molar-refractivity contribution in [1.29, 1.82) is 0 Å². The Balaban J connectivity index is 1.18. The first-order valence-corrected chi connectivity index (χ1v) is 16.0. The van der Waals surface area contributed by atoms with E-state index >= 15 is 0 Å². The Morgan fingerprint density at radius 2 is 1.28 bits per heavy atom. The predicted molar refractivity (Wildman–Crippen MR) is 191 cm³/mol. The van der Waals surface area contributed by atoms with Crippen molar-refractivity contribution in [1.82, 2.24) is 15.4 Å². The number of para-hydroxylation sites is 1. The smallest absolute Gasteiger partial charge is 0.143 e. The van der Waals surface area contributed by atoms with Crippen LogP contribution in [0.2, 0.25) is 0 Å². The quantitative estimate of drug-likeness (QED) is 0.109. The summed E-state index contributed by atoms with van der Waals surface area (Å²) in [6.45, 7) is 5.98. The van der Waals surface area contributed by atoms with E-state index in [1.165, 1.54) is 55.2 Å². The minimum atomic E-state index is -0.0617. The molecule has 7 aromatic rings. The van der Waals surface area contributed by atoms with Crippen LogP contribution in [0.15, 0.2) is 151 Å². The Morgan fingerprint density at radius 3 is 2.07 bits per heavy atom. The first-order valence-electron chi connectivity index (χ1n) is 16.0. The van der Waals surface area contributed by atoms with Crippen LogP contribution in [-0.2, 0) is 18.5 Å². The average Bonchev–Trinajstić information content (AvgIpc) is 3.54. The summed E-state index contributed by atoms with van der Waals surface area (Å²) in [6, 6.07) is 52.0. The zero-order valence-electron chi connectivity index (χ0n) is 26.2. The first kappa shape index (κ1) is 28.1. The summed E-state index contributed by atoms with van der Waals surface area (Å²) in [7, 11) is 0. The average molecular weight is 597 g/mol. The van der Waals surface area contributed by atoms with E-state index < -0.39 is 0 Å². The number of nitrogens with one attached hydrogen (secondary N) is 2. The SMILES string of the molecule is CC1(C)c2ccccc2-c2cc3c4ccccc4n(-c4ccc(C(=NCc5ccccc5)NNCc5ccccc5)cc4)c3cc21. The number of aromatic nitrogens is 1. The number of hydrogen-bond acceptors (Lipinski definition) is 2. The van der Waals surface area contributed by atoms with E-state index in [9.17, 15) is 0 Å². The molecule has 2 N–H and O–H groups in total. The van der Waals surface area contributed by atoms with Gasteiger partial charge in [0.05, 0.1) is 17.6 Å². The maximum Gasteiger partial charge on any atom is 0.143 e. The molecule has 0 atom stereocenters. The maximum atomic E-state index is 5.00. The van der Waals surface area contributed by atoms with Crippen molar-refractivity contribution in [2.45, 2.75) is 32.4 Å². The summed E-state index contributed by atoms with van der Waals surface area (Å²) >= 11 is 0. The second-order valence-electron chi connectivity index (χ2n) is 12.6. The molecule has 0 aliphatic heterocycles. The predicted octanol–water partition coefficient (Wildman–Crippen LogP) is 9.33. The molecule has 8 rings (SSSR count). The van der Waals surface area contributed by atoms with Gasteiger partial charge in [0.15, 0.2) is 0 Å². The zero-order chi connectivity index (χ0) is 31.1. The van der Waals surface area contributed by atoms with Gasteiger partial charge in [-0.1, -0.05) is 117 Å². The number of nitrogens with zero attached hydrogens (tertiary/aromatic N) is 2. The van der Waals surface area contributed by atoms with Crippen molar-refractivity contribution in [2.75, 3.05) is 0 Å². The van der Waals surface area contributed by atoms with E-state index in [0.29, 0.717) is 13.1 Å². The number of benzene rings is 6. The standard InChI is InChI=1S/C42H36N4/c1-42(2)37-19-11-9-17-33(37)35-25-36-34-18-10-12-20-39(34)46(40(36)26-38(35)42)32-23-21-31(22-24-32)41(43-27-29-13-5-3-6-14-29)45-44-28-30-15-7-4-8-16-30/h3-26,44H,27-28H2,1-2H3,(H,43,45). The molecule has 0 bridgehead atoms. The second kappa shape index (κ2) is 11.5. The molecule has 6 aromatic carbocycles. The Labute approximate surface area is 270 Å². The maximum absolute atomic E-state index is 5.00. The lowest BCUT2D eigenvalue weighted by Crippen LogP contribution is -2.37. The van der Waals surface area contributed by atoms with Gasteiger partial charge in [-0.2, -0.15) is 0 Å². The van der Waals surface area contributed by atoms with Gasteiger partial charge in [0.2, 0.25) is 0 Å². The molecule has 0 radical (unpaired) electrons. The number of rotatable bonds is 7. The summed E-state index contributed by atoms with van der Waals surface area (Å²) in [6.07, 6.45) is 0. The highest BCUT2D eigenvalue weighted by molar-refractivity contribution is 6.11. The topological polar surface area (TPSA) is 41.4 Å². The fourth-order valence-corrected chi connectivity index (χ4v) is 6.99. The van der Waals surface area contributed by atoms with E-state index in [1.54, 1.807) is 0 Å². The van der Waals surface area contributed by atoms with Gasteiger partial charge in [0, 0.05) is 34.0 Å². The molecule has 0 saturated heterocycles. The summed E-state index contributed by atoms with van der Waals surface area (Å²) in [5.74, 6) is 0.811. The third-order valence-corrected chi connectivity index (χ3v) is 9.38. The van der Waals surface area contributed by atoms with E-state index in [-0.39, 0.29) is 5.41 Å². The van der Waals surface area contributed by atoms with Crippen LogP contribution in [0.1, 0.15) is 41.7 Å². The largest absolute Gasteiger partial charge is 0.309 e. The van der Waals surface area contributed by atoms with Gasteiger partial charge in [-0.3, -0.25) is 4.99 Å². The van der Waals surface area contributed by atoms with Crippen molar-refractivity contribution >= 4 is 27.6 Å². The van der Waals surface area contributed by atoms with Crippen LogP contribution in [0.25, 0.3) is 38.6 Å². The molecular formula is C42H36N4. The van der Waals surface area contributed by atoms with Gasteiger partial charge in [-0.15, -0.1) is 0 Å². The van der Waals surface area contributed by atoms with Crippen LogP contribution >= 0.6 is 0 Å². The summed E-state index contributed by atoms with van der Waals surface area (Å²) in [5.41, 5.74) is 19.2. The summed E-state index contributed by atoms with van der Waals surface area (Å²) in [4.78, 5) is 5.00.